The van der Waals surface area contributed by atoms with Gasteiger partial charge in [0, 0.05) is 35.4 Å². The lowest BCUT2D eigenvalue weighted by Crippen LogP contribution is -2.37. The Hall–Kier alpha value is -2.48. The van der Waals surface area contributed by atoms with Crippen molar-refractivity contribution in [2.24, 2.45) is 5.92 Å². The summed E-state index contributed by atoms with van der Waals surface area (Å²) in [4.78, 5) is 4.83. The molecule has 2 heteroatoms. The predicted octanol–water partition coefficient (Wildman–Crippen LogP) is 6.29. The van der Waals surface area contributed by atoms with Crippen molar-refractivity contribution in [1.82, 2.24) is 4.90 Å². The van der Waals surface area contributed by atoms with Crippen molar-refractivity contribution in [3.8, 4) is 0 Å². The van der Waals surface area contributed by atoms with Gasteiger partial charge in [0.2, 0.25) is 0 Å². The van der Waals surface area contributed by atoms with Crippen LogP contribution < -0.4 is 4.90 Å². The summed E-state index contributed by atoms with van der Waals surface area (Å²) in [5.41, 5.74) is 10.4. The average Bonchev–Trinajstić information content (AvgIpc) is 2.65. The quantitative estimate of drug-likeness (QED) is 0.614. The number of benzene rings is 1. The highest BCUT2D eigenvalue weighted by Crippen LogP contribution is 2.49. The molecular weight excluding hydrogens is 328 g/mol. The van der Waals surface area contributed by atoms with Crippen LogP contribution in [0.4, 0.5) is 5.69 Å². The van der Waals surface area contributed by atoms with E-state index in [9.17, 15) is 0 Å². The van der Waals surface area contributed by atoms with E-state index in [0.29, 0.717) is 5.92 Å². The first-order valence-corrected chi connectivity index (χ1v) is 10.3. The molecule has 2 aliphatic heterocycles. The van der Waals surface area contributed by atoms with E-state index in [-0.39, 0.29) is 0 Å². The third-order valence-corrected chi connectivity index (χ3v) is 6.77. The second-order valence-corrected chi connectivity index (χ2v) is 8.24. The largest absolute Gasteiger partial charge is 0.347 e. The van der Waals surface area contributed by atoms with Gasteiger partial charge in [-0.25, -0.2) is 0 Å². The minimum Gasteiger partial charge on any atom is -0.347 e. The molecule has 4 aliphatic rings. The molecule has 138 valence electrons. The minimum atomic E-state index is 0.638. The summed E-state index contributed by atoms with van der Waals surface area (Å²) in [5.74, 6) is 0.638. The lowest BCUT2D eigenvalue weighted by molar-refractivity contribution is 0.359. The van der Waals surface area contributed by atoms with Crippen LogP contribution in [0.3, 0.4) is 0 Å². The molecule has 0 N–H and O–H groups in total. The van der Waals surface area contributed by atoms with Crippen molar-refractivity contribution in [2.45, 2.75) is 44.9 Å². The normalized spacial score (nSPS) is 23.2. The molecule has 0 bridgehead atoms. The Morgan fingerprint density at radius 3 is 2.41 bits per heavy atom. The summed E-state index contributed by atoms with van der Waals surface area (Å²) < 4.78 is 0. The summed E-state index contributed by atoms with van der Waals surface area (Å²) >= 11 is 0. The first-order valence-electron chi connectivity index (χ1n) is 10.3. The average molecular weight is 357 g/mol. The molecule has 1 fully saturated rings. The van der Waals surface area contributed by atoms with E-state index >= 15 is 0 Å². The van der Waals surface area contributed by atoms with Crippen LogP contribution >= 0.6 is 0 Å². The molecule has 27 heavy (non-hydrogen) atoms. The molecule has 2 aliphatic carbocycles. The molecular formula is C25H28N2. The number of para-hydroxylation sites is 1. The van der Waals surface area contributed by atoms with Crippen molar-refractivity contribution < 1.29 is 0 Å². The molecule has 0 saturated heterocycles. The van der Waals surface area contributed by atoms with E-state index in [1.165, 1.54) is 78.0 Å². The van der Waals surface area contributed by atoms with Crippen LogP contribution in [0.25, 0.3) is 0 Å². The highest BCUT2D eigenvalue weighted by atomic mass is 15.2. The third kappa shape index (κ3) is 2.46. The molecule has 5 rings (SSSR count). The fourth-order valence-electron chi connectivity index (χ4n) is 5.05. The van der Waals surface area contributed by atoms with Gasteiger partial charge in [-0.05, 0) is 73.8 Å². The molecule has 0 atom stereocenters. The minimum absolute atomic E-state index is 0.638. The number of rotatable bonds is 2. The van der Waals surface area contributed by atoms with E-state index in [1.807, 2.05) is 0 Å². The Morgan fingerprint density at radius 1 is 0.963 bits per heavy atom. The number of allylic oxidation sites excluding steroid dienone is 5. The molecule has 0 unspecified atom stereocenters. The first kappa shape index (κ1) is 16.7. The van der Waals surface area contributed by atoms with Crippen molar-refractivity contribution in [2.75, 3.05) is 11.9 Å². The zero-order valence-electron chi connectivity index (χ0n) is 16.3. The maximum Gasteiger partial charge on any atom is 0.0524 e. The zero-order valence-corrected chi connectivity index (χ0v) is 16.3. The Kier molecular flexibility index (Phi) is 3.89. The van der Waals surface area contributed by atoms with Gasteiger partial charge < -0.3 is 9.80 Å². The lowest BCUT2D eigenvalue weighted by atomic mass is 9.77. The number of likely N-dealkylation sites (N-methyl/N-ethyl adjacent to an activating group) is 1. The van der Waals surface area contributed by atoms with Crippen LogP contribution in [-0.2, 0) is 0 Å². The van der Waals surface area contributed by atoms with Gasteiger partial charge in [-0.3, -0.25) is 0 Å². The number of hydrogen-bond donors (Lipinski definition) is 0. The maximum atomic E-state index is 4.59. The fraction of sp³-hybridized carbons (Fsp3) is 0.360. The van der Waals surface area contributed by atoms with Crippen molar-refractivity contribution in [3.05, 3.63) is 89.1 Å². The Labute approximate surface area is 162 Å². The van der Waals surface area contributed by atoms with Gasteiger partial charge >= 0.3 is 0 Å². The third-order valence-electron chi connectivity index (χ3n) is 6.77. The predicted molar refractivity (Wildman–Crippen MR) is 113 cm³/mol. The summed E-state index contributed by atoms with van der Waals surface area (Å²) in [6.07, 6.45) is 11.2. The van der Waals surface area contributed by atoms with E-state index < -0.39 is 0 Å². The monoisotopic (exact) mass is 356 g/mol. The zero-order chi connectivity index (χ0) is 18.5. The highest BCUT2D eigenvalue weighted by Gasteiger charge is 2.38. The molecule has 0 aromatic heterocycles. The SMILES string of the molecule is C=C1C2=C(CCCC2)N(C)C2=C1C(=C)N(c1ccccc1)C(C1CCC1)=C2. The second-order valence-electron chi connectivity index (χ2n) is 8.24. The van der Waals surface area contributed by atoms with Gasteiger partial charge in [-0.1, -0.05) is 37.8 Å². The smallest absolute Gasteiger partial charge is 0.0524 e. The molecule has 1 aromatic rings. The topological polar surface area (TPSA) is 6.48 Å². The van der Waals surface area contributed by atoms with Crippen LogP contribution in [0.5, 0.6) is 0 Å². The van der Waals surface area contributed by atoms with E-state index in [4.69, 9.17) is 0 Å². The molecule has 2 nitrogen and oxygen atoms in total. The number of hydrogen-bond acceptors (Lipinski definition) is 2. The van der Waals surface area contributed by atoms with Crippen LogP contribution in [-0.4, -0.2) is 11.9 Å². The van der Waals surface area contributed by atoms with E-state index in [0.717, 1.165) is 12.1 Å². The molecule has 2 heterocycles. The second kappa shape index (κ2) is 6.30. The molecule has 1 saturated carbocycles. The van der Waals surface area contributed by atoms with Gasteiger partial charge in [-0.2, -0.15) is 0 Å². The number of nitrogens with zero attached hydrogens (tertiary/aromatic N) is 2. The van der Waals surface area contributed by atoms with Crippen molar-refractivity contribution in [1.29, 1.82) is 0 Å². The van der Waals surface area contributed by atoms with Gasteiger partial charge in [0.25, 0.3) is 0 Å². The van der Waals surface area contributed by atoms with Crippen LogP contribution in [0, 0.1) is 5.92 Å². The lowest BCUT2D eigenvalue weighted by Gasteiger charge is -2.46. The van der Waals surface area contributed by atoms with Crippen molar-refractivity contribution in [3.63, 3.8) is 0 Å². The van der Waals surface area contributed by atoms with Crippen molar-refractivity contribution >= 4 is 5.69 Å². The van der Waals surface area contributed by atoms with Gasteiger partial charge in [0.15, 0.2) is 0 Å². The summed E-state index contributed by atoms with van der Waals surface area (Å²) in [7, 11) is 2.24. The maximum absolute atomic E-state index is 4.59. The summed E-state index contributed by atoms with van der Waals surface area (Å²) in [6, 6.07) is 10.7. The van der Waals surface area contributed by atoms with E-state index in [2.05, 4.69) is 66.4 Å². The molecule has 0 amide bonds. The standard InChI is InChI=1S/C25H28N2/c1-17-21-14-7-8-15-22(21)26(3)24-16-23(19-10-9-11-19)27(18(2)25(17)24)20-12-5-4-6-13-20/h4-6,12-13,16,19H,1-2,7-11,14-15H2,3H3. The molecule has 0 radical (unpaired) electrons. The molecule has 0 spiro atoms. The van der Waals surface area contributed by atoms with Gasteiger partial charge in [0.05, 0.1) is 5.70 Å². The summed E-state index contributed by atoms with van der Waals surface area (Å²) in [6.45, 7) is 9.13. The Bertz CT molecular complexity index is 909. The molecule has 1 aromatic carbocycles. The van der Waals surface area contributed by atoms with Gasteiger partial charge in [0.1, 0.15) is 0 Å². The first-order chi connectivity index (χ1) is 13.2. The fourth-order valence-corrected chi connectivity index (χ4v) is 5.05. The Morgan fingerprint density at radius 2 is 1.70 bits per heavy atom. The van der Waals surface area contributed by atoms with Crippen LogP contribution in [0.2, 0.25) is 0 Å². The van der Waals surface area contributed by atoms with E-state index in [1.54, 1.807) is 0 Å². The van der Waals surface area contributed by atoms with Gasteiger partial charge in [-0.15, -0.1) is 0 Å². The summed E-state index contributed by atoms with van der Waals surface area (Å²) in [5, 5.41) is 0. The van der Waals surface area contributed by atoms with Crippen LogP contribution in [0.15, 0.2) is 89.1 Å². The Balaban J connectivity index is 1.65. The highest BCUT2D eigenvalue weighted by molar-refractivity contribution is 5.74. The number of anilines is 1. The van der Waals surface area contributed by atoms with Crippen LogP contribution in [0.1, 0.15) is 44.9 Å².